The van der Waals surface area contributed by atoms with Gasteiger partial charge in [-0.1, -0.05) is 71.4 Å². The van der Waals surface area contributed by atoms with Crippen LogP contribution in [0.2, 0.25) is 0 Å². The van der Waals surface area contributed by atoms with E-state index in [1.165, 1.54) is 65.3 Å². The van der Waals surface area contributed by atoms with Crippen molar-refractivity contribution >= 4 is 44.0 Å². The van der Waals surface area contributed by atoms with Crippen LogP contribution < -0.4 is 29.1 Å². The summed E-state index contributed by atoms with van der Waals surface area (Å²) in [6, 6.07) is 24.1. The molecule has 17 nitrogen and oxygen atoms in total. The number of methoxy groups -OCH3 is 1. The average molecular weight is 1210 g/mol. The number of benzene rings is 4. The minimum atomic E-state index is -4.67. The molecule has 6 aliphatic rings. The lowest BCUT2D eigenvalue weighted by Gasteiger charge is -2.58. The van der Waals surface area contributed by atoms with Gasteiger partial charge in [-0.3, -0.25) is 24.7 Å². The van der Waals surface area contributed by atoms with Crippen LogP contribution in [0, 0.1) is 50.9 Å². The molecular formula is C68H85FN8O9S. The summed E-state index contributed by atoms with van der Waals surface area (Å²) in [7, 11) is -2.96. The van der Waals surface area contributed by atoms with Gasteiger partial charge in [-0.25, -0.2) is 22.5 Å². The molecule has 3 aliphatic heterocycles. The van der Waals surface area contributed by atoms with Crippen LogP contribution in [0.4, 0.5) is 21.5 Å². The number of carbonyl (C=O) groups excluding carboxylic acids is 1. The highest BCUT2D eigenvalue weighted by Gasteiger charge is 2.51. The van der Waals surface area contributed by atoms with Crippen LogP contribution >= 0.6 is 0 Å². The van der Waals surface area contributed by atoms with Crippen LogP contribution in [0.5, 0.6) is 23.0 Å². The molecule has 3 saturated carbocycles. The predicted octanol–water partition coefficient (Wildman–Crippen LogP) is 12.9. The van der Waals surface area contributed by atoms with Crippen LogP contribution in [0.1, 0.15) is 150 Å². The number of aromatic nitrogens is 2. The zero-order valence-electron chi connectivity index (χ0n) is 51.2. The van der Waals surface area contributed by atoms with Gasteiger partial charge in [-0.15, -0.1) is 0 Å². The fraction of sp³-hybridized carbons (Fsp3) is 0.529. The number of piperidine rings is 1. The minimum absolute atomic E-state index is 0.0252. The van der Waals surface area contributed by atoms with Gasteiger partial charge in [0.25, 0.3) is 21.6 Å². The minimum Gasteiger partial charge on any atom is -0.493 e. The van der Waals surface area contributed by atoms with Crippen molar-refractivity contribution < 1.29 is 41.8 Å². The Labute approximate surface area is 510 Å². The van der Waals surface area contributed by atoms with E-state index in [1.807, 2.05) is 0 Å². The number of rotatable bonds is 18. The molecule has 6 aromatic rings. The normalized spacial score (nSPS) is 24.4. The van der Waals surface area contributed by atoms with Gasteiger partial charge in [0, 0.05) is 93.9 Å². The fourth-order valence-corrected chi connectivity index (χ4v) is 16.9. The Morgan fingerprint density at radius 2 is 1.74 bits per heavy atom. The third kappa shape index (κ3) is 12.5. The molecule has 4 atom stereocenters. The third-order valence-corrected chi connectivity index (χ3v) is 22.1. The van der Waals surface area contributed by atoms with E-state index >= 15 is 0 Å². The second-order valence-corrected chi connectivity index (χ2v) is 28.6. The number of nitrogens with one attached hydrogen (secondary N) is 3. The van der Waals surface area contributed by atoms with Crippen molar-refractivity contribution in [3.63, 3.8) is 0 Å². The van der Waals surface area contributed by atoms with E-state index in [-0.39, 0.29) is 51.4 Å². The van der Waals surface area contributed by atoms with Gasteiger partial charge in [-0.2, -0.15) is 0 Å². The Morgan fingerprint density at radius 1 is 0.954 bits per heavy atom. The molecule has 5 fully saturated rings. The van der Waals surface area contributed by atoms with Crippen molar-refractivity contribution in [1.82, 2.24) is 24.5 Å². The number of piperazine rings is 1. The summed E-state index contributed by atoms with van der Waals surface area (Å²) in [6.07, 6.45) is 13.9. The number of anilines is 2. The van der Waals surface area contributed by atoms with Gasteiger partial charge in [0.15, 0.2) is 11.5 Å². The number of H-pyrrole nitrogens is 1. The molecule has 87 heavy (non-hydrogen) atoms. The first-order chi connectivity index (χ1) is 41.8. The molecule has 4 N–H and O–H groups in total. The van der Waals surface area contributed by atoms with E-state index in [4.69, 9.17) is 14.2 Å². The lowest BCUT2D eigenvalue weighted by Crippen LogP contribution is -2.60. The molecular weight excluding hydrogens is 1120 g/mol. The Kier molecular flexibility index (Phi) is 17.1. The maximum atomic E-state index is 14.9. The summed E-state index contributed by atoms with van der Waals surface area (Å²) in [5.41, 5.74) is 5.39. The van der Waals surface area contributed by atoms with Crippen molar-refractivity contribution in [1.29, 1.82) is 0 Å². The van der Waals surface area contributed by atoms with Crippen molar-refractivity contribution in [3.05, 3.63) is 135 Å². The van der Waals surface area contributed by atoms with E-state index < -0.39 is 42.9 Å². The Bertz CT molecular complexity index is 3630. The van der Waals surface area contributed by atoms with Crippen molar-refractivity contribution in [2.75, 3.05) is 63.2 Å². The highest BCUT2D eigenvalue weighted by Crippen LogP contribution is 2.54. The van der Waals surface area contributed by atoms with Crippen LogP contribution in [-0.2, 0) is 23.0 Å². The van der Waals surface area contributed by atoms with Crippen LogP contribution in [0.15, 0.2) is 96.2 Å². The monoisotopic (exact) mass is 1210 g/mol. The van der Waals surface area contributed by atoms with Gasteiger partial charge in [0.2, 0.25) is 0 Å². The standard InChI is InChI=1S/C68H85FN8O9S/c1-42(2)52-9-7-8-10-54(52)61-41-74(40-46-30-47-19-28-85-64(47)63(31-46)84-6)26-27-76(61)49-35-67(36-49)22-24-75(25-23-67)48-12-15-55(62(32-48)86-50-33-56-58(69)39-72-65(56)71-38-50)66(78)73-87(82,83)51-13-16-59(60(34-51)77(80)81)70-37-45-17-20-68(79,21-18-45)57-29-44(5)11-14-53(57)43(3)4/h7-10,12-13,15-16,30-34,38-39,42-45,49,53,57,61,70,79H,11,14,17-29,35-37,40-41H2,1-6H3,(H,71,72)(H,73,78)/t44-,45?,53-,57?,61+,68?/m1/s1. The molecule has 1 spiro atoms. The molecule has 1 unspecified atom stereocenters. The zero-order valence-corrected chi connectivity index (χ0v) is 52.0. The number of aliphatic hydroxyl groups is 1. The summed E-state index contributed by atoms with van der Waals surface area (Å²) in [5.74, 6) is 2.64. The molecule has 4 aromatic carbocycles. The van der Waals surface area contributed by atoms with Crippen molar-refractivity contribution in [3.8, 4) is 23.0 Å². The van der Waals surface area contributed by atoms with E-state index in [2.05, 4.69) is 106 Å². The number of pyridine rings is 1. The fourth-order valence-electron chi connectivity index (χ4n) is 15.9. The highest BCUT2D eigenvalue weighted by molar-refractivity contribution is 7.90. The van der Waals surface area contributed by atoms with Crippen LogP contribution in [0.3, 0.4) is 0 Å². The Hall–Kier alpha value is -6.80. The number of nitro groups is 1. The van der Waals surface area contributed by atoms with Gasteiger partial charge >= 0.3 is 0 Å². The van der Waals surface area contributed by atoms with Crippen molar-refractivity contribution in [2.45, 2.75) is 147 Å². The lowest BCUT2D eigenvalue weighted by atomic mass is 9.59. The molecule has 0 bridgehead atoms. The van der Waals surface area contributed by atoms with Crippen LogP contribution in [0.25, 0.3) is 11.0 Å². The first kappa shape index (κ1) is 60.5. The third-order valence-electron chi connectivity index (χ3n) is 20.8. The second-order valence-electron chi connectivity index (χ2n) is 26.9. The van der Waals surface area contributed by atoms with E-state index in [9.17, 15) is 32.8 Å². The zero-order chi connectivity index (χ0) is 60.9. The Balaban J connectivity index is 0.718. The van der Waals surface area contributed by atoms with Crippen molar-refractivity contribution in [2.24, 2.45) is 35.0 Å². The second kappa shape index (κ2) is 24.6. The smallest absolute Gasteiger partial charge is 0.293 e. The number of amides is 1. The number of ether oxygens (including phenoxy) is 3. The summed E-state index contributed by atoms with van der Waals surface area (Å²) >= 11 is 0. The molecule has 12 rings (SSSR count). The summed E-state index contributed by atoms with van der Waals surface area (Å²) < 4.78 is 63.2. The highest BCUT2D eigenvalue weighted by atomic mass is 32.2. The summed E-state index contributed by atoms with van der Waals surface area (Å²) in [5, 5.41) is 27.9. The number of halogens is 1. The number of fused-ring (bicyclic) bond motifs is 2. The predicted molar refractivity (Wildman–Crippen MR) is 335 cm³/mol. The van der Waals surface area contributed by atoms with Gasteiger partial charge in [0.05, 0.1) is 46.3 Å². The number of sulfonamides is 1. The topological polar surface area (TPSA) is 205 Å². The molecule has 19 heteroatoms. The first-order valence-corrected chi connectivity index (χ1v) is 33.1. The summed E-state index contributed by atoms with van der Waals surface area (Å²) in [6.45, 7) is 17.7. The largest absolute Gasteiger partial charge is 0.493 e. The molecule has 464 valence electrons. The van der Waals surface area contributed by atoms with Crippen LogP contribution in [-0.4, -0.2) is 109 Å². The van der Waals surface area contributed by atoms with E-state index in [0.717, 1.165) is 120 Å². The SMILES string of the molecule is COc1cc(CN2CCN(C3CC4(CCN(c5ccc(C(=O)NS(=O)(=O)c6ccc(NCC7CCC(O)(C8C[C@H](C)CC[C@@H]8C(C)C)CC7)c([N+](=O)[O-])c6)c(Oc6cnc7[nH]cc(F)c7c6)c5)CC4)C3)[C@H](c3ccccc3C(C)C)C2)cc2c1OCC2. The van der Waals surface area contributed by atoms with E-state index in [0.29, 0.717) is 61.4 Å². The van der Waals surface area contributed by atoms with Gasteiger partial charge < -0.3 is 34.5 Å². The molecule has 0 radical (unpaired) electrons. The number of hydrogen-bond acceptors (Lipinski definition) is 14. The molecule has 2 saturated heterocycles. The number of carbonyl (C=O) groups is 1. The molecule has 5 heterocycles. The lowest BCUT2D eigenvalue weighted by molar-refractivity contribution is -0.384. The number of aromatic amines is 1. The number of nitro benzene ring substituents is 1. The average Bonchev–Trinajstić information content (AvgIpc) is 1.61. The number of hydrogen-bond donors (Lipinski definition) is 4. The maximum absolute atomic E-state index is 14.9. The molecule has 2 aromatic heterocycles. The molecule has 3 aliphatic carbocycles. The molecule has 1 amide bonds. The first-order valence-electron chi connectivity index (χ1n) is 31.7. The summed E-state index contributed by atoms with van der Waals surface area (Å²) in [4.78, 5) is 40.5. The van der Waals surface area contributed by atoms with Gasteiger partial charge in [-0.05, 0) is 158 Å². The maximum Gasteiger partial charge on any atom is 0.293 e. The quantitative estimate of drug-likeness (QED) is 0.0467. The number of nitrogens with zero attached hydrogens (tertiary/aromatic N) is 5. The Morgan fingerprint density at radius 3 is 2.48 bits per heavy atom. The van der Waals surface area contributed by atoms with Gasteiger partial charge in [0.1, 0.15) is 28.7 Å². The van der Waals surface area contributed by atoms with E-state index in [1.54, 1.807) is 19.2 Å².